The molecule has 1 aromatic heterocycles. The van der Waals surface area contributed by atoms with Gasteiger partial charge in [0, 0.05) is 13.1 Å². The molecule has 1 atom stereocenters. The Morgan fingerprint density at radius 1 is 1.28 bits per heavy atom. The lowest BCUT2D eigenvalue weighted by Crippen LogP contribution is -2.42. The molecule has 0 radical (unpaired) electrons. The van der Waals surface area contributed by atoms with Gasteiger partial charge in [0.15, 0.2) is 4.80 Å². The molecule has 2 aromatic carbocycles. The largest absolute Gasteiger partial charge is 0.305 e. The Kier molecular flexibility index (Phi) is 6.29. The number of terminal acetylenes is 1. The highest BCUT2D eigenvalue weighted by molar-refractivity contribution is 7.89. The number of fused-ring (bicyclic) bond motifs is 1. The molecule has 0 spiro atoms. The molecule has 1 aliphatic rings. The molecule has 6 nitrogen and oxygen atoms in total. The number of piperidine rings is 1. The quantitative estimate of drug-likeness (QED) is 0.548. The zero-order valence-electron chi connectivity index (χ0n) is 17.5. The van der Waals surface area contributed by atoms with Gasteiger partial charge in [-0.05, 0) is 61.7 Å². The maximum absolute atomic E-state index is 13.2. The lowest BCUT2D eigenvalue weighted by molar-refractivity contribution is -0.122. The molecular weight excluding hydrogens is 449 g/mol. The number of hydrogen-bond acceptors (Lipinski definition) is 4. The number of sulfonamides is 1. The van der Waals surface area contributed by atoms with E-state index in [9.17, 15) is 17.6 Å². The number of aryl methyl sites for hydroxylation is 1. The van der Waals surface area contributed by atoms with E-state index in [-0.39, 0.29) is 23.9 Å². The molecule has 9 heteroatoms. The van der Waals surface area contributed by atoms with Crippen molar-refractivity contribution in [3.8, 4) is 12.3 Å². The Labute approximate surface area is 190 Å². The molecule has 4 rings (SSSR count). The second kappa shape index (κ2) is 8.98. The number of benzene rings is 2. The molecule has 32 heavy (non-hydrogen) atoms. The highest BCUT2D eigenvalue weighted by Crippen LogP contribution is 2.25. The fraction of sp³-hybridized carbons (Fsp3) is 0.304. The predicted octanol–water partition coefficient (Wildman–Crippen LogP) is 3.31. The van der Waals surface area contributed by atoms with Crippen molar-refractivity contribution in [1.82, 2.24) is 8.87 Å². The van der Waals surface area contributed by atoms with Crippen LogP contribution in [-0.4, -0.2) is 36.3 Å². The van der Waals surface area contributed by atoms with Crippen molar-refractivity contribution in [2.75, 3.05) is 13.1 Å². The van der Waals surface area contributed by atoms with E-state index in [0.29, 0.717) is 24.2 Å². The van der Waals surface area contributed by atoms with Crippen molar-refractivity contribution in [3.63, 3.8) is 0 Å². The first-order valence-electron chi connectivity index (χ1n) is 10.2. The number of aromatic nitrogens is 1. The van der Waals surface area contributed by atoms with Crippen molar-refractivity contribution >= 4 is 37.5 Å². The van der Waals surface area contributed by atoms with Crippen molar-refractivity contribution in [3.05, 3.63) is 58.6 Å². The van der Waals surface area contributed by atoms with Crippen molar-refractivity contribution in [2.24, 2.45) is 10.9 Å². The van der Waals surface area contributed by atoms with E-state index in [1.54, 1.807) is 0 Å². The van der Waals surface area contributed by atoms with Crippen LogP contribution in [0.2, 0.25) is 0 Å². The molecule has 1 saturated heterocycles. The van der Waals surface area contributed by atoms with Crippen LogP contribution < -0.4 is 4.80 Å². The van der Waals surface area contributed by atoms with Crippen LogP contribution in [0, 0.1) is 31.0 Å². The van der Waals surface area contributed by atoms with E-state index in [2.05, 4.69) is 10.9 Å². The fourth-order valence-corrected chi connectivity index (χ4v) is 6.47. The molecule has 0 N–H and O–H groups in total. The SMILES string of the molecule is C#CCn1c(=NC(=O)C2CCCN(S(=O)(=O)c3ccc(F)cc3)C2)sc2cc(C)ccc21. The molecule has 0 bridgehead atoms. The summed E-state index contributed by atoms with van der Waals surface area (Å²) in [5, 5.41) is 0. The molecule has 1 aliphatic heterocycles. The number of amides is 1. The van der Waals surface area contributed by atoms with Gasteiger partial charge in [-0.1, -0.05) is 23.3 Å². The Morgan fingerprint density at radius 2 is 2.03 bits per heavy atom. The van der Waals surface area contributed by atoms with Crippen LogP contribution >= 0.6 is 11.3 Å². The van der Waals surface area contributed by atoms with Crippen LogP contribution in [0.25, 0.3) is 10.2 Å². The van der Waals surface area contributed by atoms with E-state index in [0.717, 1.165) is 27.9 Å². The van der Waals surface area contributed by atoms with Gasteiger partial charge < -0.3 is 4.57 Å². The zero-order valence-corrected chi connectivity index (χ0v) is 19.1. The monoisotopic (exact) mass is 471 g/mol. The molecule has 0 aliphatic carbocycles. The summed E-state index contributed by atoms with van der Waals surface area (Å²) in [6.07, 6.45) is 6.62. The fourth-order valence-electron chi connectivity index (χ4n) is 3.81. The smallest absolute Gasteiger partial charge is 0.252 e. The molecule has 0 saturated carbocycles. The molecule has 1 amide bonds. The van der Waals surface area contributed by atoms with Gasteiger partial charge in [0.1, 0.15) is 5.82 Å². The minimum absolute atomic E-state index is 0.00989. The average Bonchev–Trinajstić information content (AvgIpc) is 3.10. The van der Waals surface area contributed by atoms with E-state index in [4.69, 9.17) is 6.42 Å². The number of halogens is 1. The topological polar surface area (TPSA) is 71.7 Å². The number of rotatable bonds is 4. The van der Waals surface area contributed by atoms with Crippen LogP contribution in [0.5, 0.6) is 0 Å². The van der Waals surface area contributed by atoms with E-state index in [1.165, 1.54) is 27.8 Å². The number of thiazole rings is 1. The maximum atomic E-state index is 13.2. The first-order chi connectivity index (χ1) is 15.3. The van der Waals surface area contributed by atoms with Crippen LogP contribution in [-0.2, 0) is 21.4 Å². The van der Waals surface area contributed by atoms with Crippen LogP contribution in [0.4, 0.5) is 4.39 Å². The Balaban J connectivity index is 1.63. The van der Waals surface area contributed by atoms with Gasteiger partial charge >= 0.3 is 0 Å². The number of carbonyl (C=O) groups is 1. The van der Waals surface area contributed by atoms with Crippen LogP contribution in [0.15, 0.2) is 52.4 Å². The molecular formula is C23H22FN3O3S2. The minimum Gasteiger partial charge on any atom is -0.305 e. The predicted molar refractivity (Wildman–Crippen MR) is 122 cm³/mol. The summed E-state index contributed by atoms with van der Waals surface area (Å²) in [6.45, 7) is 2.62. The van der Waals surface area contributed by atoms with Crippen LogP contribution in [0.3, 0.4) is 0 Å². The van der Waals surface area contributed by atoms with Gasteiger partial charge in [-0.15, -0.1) is 6.42 Å². The van der Waals surface area contributed by atoms with Gasteiger partial charge in [-0.3, -0.25) is 4.79 Å². The third-order valence-electron chi connectivity index (χ3n) is 5.48. The summed E-state index contributed by atoms with van der Waals surface area (Å²) in [5.41, 5.74) is 2.01. The van der Waals surface area contributed by atoms with Crippen molar-refractivity contribution < 1.29 is 17.6 Å². The highest BCUT2D eigenvalue weighted by atomic mass is 32.2. The first kappa shape index (κ1) is 22.4. The van der Waals surface area contributed by atoms with Gasteiger partial charge in [-0.25, -0.2) is 12.8 Å². The van der Waals surface area contributed by atoms with E-state index < -0.39 is 21.8 Å². The van der Waals surface area contributed by atoms with Gasteiger partial charge in [0.2, 0.25) is 10.0 Å². The van der Waals surface area contributed by atoms with Gasteiger partial charge in [-0.2, -0.15) is 9.30 Å². The van der Waals surface area contributed by atoms with E-state index in [1.807, 2.05) is 29.7 Å². The average molecular weight is 472 g/mol. The van der Waals surface area contributed by atoms with Crippen molar-refractivity contribution in [1.29, 1.82) is 0 Å². The normalized spacial score (nSPS) is 18.0. The summed E-state index contributed by atoms with van der Waals surface area (Å²) < 4.78 is 43.2. The third kappa shape index (κ3) is 4.39. The number of hydrogen-bond donors (Lipinski definition) is 0. The standard InChI is InChI=1S/C23H22FN3O3S2/c1-3-12-27-20-11-6-16(2)14-21(20)31-23(27)25-22(28)17-5-4-13-26(15-17)32(29,30)19-9-7-18(24)8-10-19/h1,6-11,14,17H,4-5,12-13,15H2,2H3. The van der Waals surface area contributed by atoms with E-state index >= 15 is 0 Å². The van der Waals surface area contributed by atoms with Crippen molar-refractivity contribution in [2.45, 2.75) is 31.2 Å². The molecule has 2 heterocycles. The Bertz CT molecular complexity index is 1380. The maximum Gasteiger partial charge on any atom is 0.252 e. The number of carbonyl (C=O) groups excluding carboxylic acids is 1. The lowest BCUT2D eigenvalue weighted by atomic mass is 9.99. The third-order valence-corrected chi connectivity index (χ3v) is 8.40. The van der Waals surface area contributed by atoms with Gasteiger partial charge in [0.05, 0.1) is 27.6 Å². The minimum atomic E-state index is -3.82. The summed E-state index contributed by atoms with van der Waals surface area (Å²) in [7, 11) is -3.82. The number of nitrogens with zero attached hydrogens (tertiary/aromatic N) is 3. The summed E-state index contributed by atoms with van der Waals surface area (Å²) in [5.74, 6) is 1.18. The second-order valence-corrected chi connectivity index (χ2v) is 10.7. The Hall–Kier alpha value is -2.80. The van der Waals surface area contributed by atoms with Gasteiger partial charge in [0.25, 0.3) is 5.91 Å². The Morgan fingerprint density at radius 3 is 2.75 bits per heavy atom. The summed E-state index contributed by atoms with van der Waals surface area (Å²) in [4.78, 5) is 17.9. The first-order valence-corrected chi connectivity index (χ1v) is 12.4. The molecule has 3 aromatic rings. The molecule has 166 valence electrons. The molecule has 1 fully saturated rings. The summed E-state index contributed by atoms with van der Waals surface area (Å²) in [6, 6.07) is 10.7. The highest BCUT2D eigenvalue weighted by Gasteiger charge is 2.33. The molecule has 1 unspecified atom stereocenters. The zero-order chi connectivity index (χ0) is 22.9. The lowest BCUT2D eigenvalue weighted by Gasteiger charge is -2.30. The second-order valence-electron chi connectivity index (χ2n) is 7.75. The van der Waals surface area contributed by atoms with Crippen LogP contribution in [0.1, 0.15) is 18.4 Å². The summed E-state index contributed by atoms with van der Waals surface area (Å²) >= 11 is 1.39.